The van der Waals surface area contributed by atoms with Crippen molar-refractivity contribution in [3.05, 3.63) is 28.3 Å². The van der Waals surface area contributed by atoms with Crippen molar-refractivity contribution in [1.82, 2.24) is 9.62 Å². The summed E-state index contributed by atoms with van der Waals surface area (Å²) in [5.41, 5.74) is -0.379. The van der Waals surface area contributed by atoms with Crippen molar-refractivity contribution in [1.29, 1.82) is 0 Å². The highest BCUT2D eigenvalue weighted by Crippen LogP contribution is 2.30. The summed E-state index contributed by atoms with van der Waals surface area (Å²) in [5, 5.41) is 13.7. The van der Waals surface area contributed by atoms with Crippen molar-refractivity contribution >= 4 is 15.7 Å². The molecule has 0 aliphatic heterocycles. The molecule has 1 aromatic rings. The van der Waals surface area contributed by atoms with Gasteiger partial charge in [-0.1, -0.05) is 0 Å². The molecule has 0 saturated heterocycles. The molecule has 112 valence electrons. The van der Waals surface area contributed by atoms with Crippen LogP contribution >= 0.6 is 0 Å². The fourth-order valence-corrected chi connectivity index (χ4v) is 2.73. The van der Waals surface area contributed by atoms with Gasteiger partial charge in [0.1, 0.15) is 0 Å². The van der Waals surface area contributed by atoms with Gasteiger partial charge in [0.05, 0.1) is 16.9 Å². The standard InChI is InChI=1S/C11H17N3O5S/c1-12-6-7-13(2)20(17,18)9-4-5-11(19-3)10(8-9)14(15)16/h4-5,8,12H,6-7H2,1-3H3. The van der Waals surface area contributed by atoms with Crippen LogP contribution in [0.15, 0.2) is 23.1 Å². The molecular formula is C11H17N3O5S. The van der Waals surface area contributed by atoms with E-state index in [0.717, 1.165) is 10.4 Å². The quantitative estimate of drug-likeness (QED) is 0.579. The van der Waals surface area contributed by atoms with E-state index in [1.165, 1.54) is 26.3 Å². The zero-order chi connectivity index (χ0) is 15.3. The highest BCUT2D eigenvalue weighted by Gasteiger charge is 2.25. The zero-order valence-electron chi connectivity index (χ0n) is 11.5. The Kier molecular flexibility index (Phi) is 5.43. The Labute approximate surface area is 117 Å². The average Bonchev–Trinajstić information content (AvgIpc) is 2.43. The Bertz CT molecular complexity index is 588. The maximum Gasteiger partial charge on any atom is 0.312 e. The molecule has 0 amide bonds. The van der Waals surface area contributed by atoms with Crippen LogP contribution in [0.2, 0.25) is 0 Å². The van der Waals surface area contributed by atoms with Crippen molar-refractivity contribution in [3.8, 4) is 5.75 Å². The largest absolute Gasteiger partial charge is 0.490 e. The van der Waals surface area contributed by atoms with Crippen LogP contribution in [0.5, 0.6) is 5.75 Å². The lowest BCUT2D eigenvalue weighted by atomic mass is 10.3. The minimum atomic E-state index is -3.76. The second-order valence-corrected chi connectivity index (χ2v) is 6.07. The number of rotatable bonds is 7. The number of hydrogen-bond donors (Lipinski definition) is 1. The zero-order valence-corrected chi connectivity index (χ0v) is 12.3. The molecule has 1 rings (SSSR count). The Balaban J connectivity index is 3.19. The molecule has 0 fully saturated rings. The molecular weight excluding hydrogens is 286 g/mol. The smallest absolute Gasteiger partial charge is 0.312 e. The first kappa shape index (κ1) is 16.3. The van der Waals surface area contributed by atoms with Gasteiger partial charge in [-0.2, -0.15) is 4.31 Å². The highest BCUT2D eigenvalue weighted by molar-refractivity contribution is 7.89. The van der Waals surface area contributed by atoms with Gasteiger partial charge in [-0.15, -0.1) is 0 Å². The Morgan fingerprint density at radius 1 is 1.45 bits per heavy atom. The third-order valence-corrected chi connectivity index (χ3v) is 4.58. The molecule has 8 nitrogen and oxygen atoms in total. The lowest BCUT2D eigenvalue weighted by Crippen LogP contribution is -2.32. The monoisotopic (exact) mass is 303 g/mol. The molecule has 0 heterocycles. The summed E-state index contributed by atoms with van der Waals surface area (Å²) < 4.78 is 30.5. The molecule has 0 radical (unpaired) electrons. The van der Waals surface area contributed by atoms with Crippen molar-refractivity contribution in [2.75, 3.05) is 34.3 Å². The van der Waals surface area contributed by atoms with Crippen LogP contribution < -0.4 is 10.1 Å². The van der Waals surface area contributed by atoms with Gasteiger partial charge in [0.25, 0.3) is 0 Å². The maximum atomic E-state index is 12.2. The van der Waals surface area contributed by atoms with Gasteiger partial charge in [0.2, 0.25) is 10.0 Å². The van der Waals surface area contributed by atoms with E-state index in [4.69, 9.17) is 4.74 Å². The summed E-state index contributed by atoms with van der Waals surface area (Å²) in [6.45, 7) is 0.743. The van der Waals surface area contributed by atoms with Crippen LogP contribution in [0.1, 0.15) is 0 Å². The van der Waals surface area contributed by atoms with Crippen molar-refractivity contribution in [2.45, 2.75) is 4.90 Å². The minimum absolute atomic E-state index is 0.0202. The third kappa shape index (κ3) is 3.44. The average molecular weight is 303 g/mol. The number of ether oxygens (including phenoxy) is 1. The third-order valence-electron chi connectivity index (χ3n) is 2.73. The number of nitro groups is 1. The van der Waals surface area contributed by atoms with E-state index in [2.05, 4.69) is 5.32 Å². The van der Waals surface area contributed by atoms with E-state index in [9.17, 15) is 18.5 Å². The first-order chi connectivity index (χ1) is 9.34. The van der Waals surface area contributed by atoms with Crippen molar-refractivity contribution in [3.63, 3.8) is 0 Å². The van der Waals surface area contributed by atoms with Gasteiger partial charge in [-0.25, -0.2) is 8.42 Å². The fourth-order valence-electron chi connectivity index (χ4n) is 1.54. The second-order valence-electron chi connectivity index (χ2n) is 4.02. The number of benzene rings is 1. The summed E-state index contributed by atoms with van der Waals surface area (Å²) in [5.74, 6) is 0.0202. The molecule has 0 unspecified atom stereocenters. The molecule has 0 spiro atoms. The number of hydrogen-bond acceptors (Lipinski definition) is 6. The SMILES string of the molecule is CNCCN(C)S(=O)(=O)c1ccc(OC)c([N+](=O)[O-])c1. The lowest BCUT2D eigenvalue weighted by Gasteiger charge is -2.17. The first-order valence-corrected chi connectivity index (χ1v) is 7.22. The fraction of sp³-hybridized carbons (Fsp3) is 0.455. The normalized spacial score (nSPS) is 11.6. The number of methoxy groups -OCH3 is 1. The van der Waals surface area contributed by atoms with E-state index < -0.39 is 14.9 Å². The van der Waals surface area contributed by atoms with Crippen LogP contribution in [0.25, 0.3) is 0 Å². The molecule has 1 N–H and O–H groups in total. The van der Waals surface area contributed by atoms with E-state index in [-0.39, 0.29) is 22.9 Å². The predicted molar refractivity (Wildman–Crippen MR) is 73.4 cm³/mol. The van der Waals surface area contributed by atoms with Gasteiger partial charge in [0.15, 0.2) is 5.75 Å². The van der Waals surface area contributed by atoms with E-state index in [1.54, 1.807) is 7.05 Å². The Morgan fingerprint density at radius 2 is 2.10 bits per heavy atom. The molecule has 0 saturated carbocycles. The van der Waals surface area contributed by atoms with Crippen LogP contribution in [0, 0.1) is 10.1 Å². The van der Waals surface area contributed by atoms with Crippen LogP contribution in [0.4, 0.5) is 5.69 Å². The molecule has 9 heteroatoms. The lowest BCUT2D eigenvalue weighted by molar-refractivity contribution is -0.386. The topological polar surface area (TPSA) is 102 Å². The molecule has 0 bridgehead atoms. The summed E-state index contributed by atoms with van der Waals surface area (Å²) in [6, 6.07) is 3.57. The number of nitro benzene ring substituents is 1. The highest BCUT2D eigenvalue weighted by atomic mass is 32.2. The van der Waals surface area contributed by atoms with Gasteiger partial charge in [-0.05, 0) is 19.2 Å². The van der Waals surface area contributed by atoms with Crippen LogP contribution in [0.3, 0.4) is 0 Å². The number of nitrogens with one attached hydrogen (secondary N) is 1. The van der Waals surface area contributed by atoms with Crippen molar-refractivity contribution < 1.29 is 18.1 Å². The summed E-state index contributed by atoms with van der Waals surface area (Å²) in [7, 11) is 0.655. The van der Waals surface area contributed by atoms with E-state index >= 15 is 0 Å². The molecule has 0 aromatic heterocycles. The van der Waals surface area contributed by atoms with Gasteiger partial charge >= 0.3 is 5.69 Å². The van der Waals surface area contributed by atoms with Crippen LogP contribution in [-0.4, -0.2) is 51.9 Å². The molecule has 0 aliphatic carbocycles. The molecule has 20 heavy (non-hydrogen) atoms. The molecule has 1 aromatic carbocycles. The van der Waals surface area contributed by atoms with E-state index in [1.807, 2.05) is 0 Å². The second kappa shape index (κ2) is 6.64. The number of nitrogens with zero attached hydrogens (tertiary/aromatic N) is 2. The van der Waals surface area contributed by atoms with Crippen LogP contribution in [-0.2, 0) is 10.0 Å². The van der Waals surface area contributed by atoms with Gasteiger partial charge in [0, 0.05) is 26.2 Å². The Hall–Kier alpha value is -1.71. The van der Waals surface area contributed by atoms with Gasteiger partial charge in [-0.3, -0.25) is 10.1 Å². The molecule has 0 atom stereocenters. The van der Waals surface area contributed by atoms with E-state index in [0.29, 0.717) is 6.54 Å². The summed E-state index contributed by atoms with van der Waals surface area (Å²) in [4.78, 5) is 10.1. The summed E-state index contributed by atoms with van der Waals surface area (Å²) in [6.07, 6.45) is 0. The predicted octanol–water partition coefficient (Wildman–Crippen LogP) is 0.443. The number of likely N-dealkylation sites (N-methyl/N-ethyl adjacent to an activating group) is 2. The molecule has 0 aliphatic rings. The maximum absolute atomic E-state index is 12.2. The Morgan fingerprint density at radius 3 is 2.60 bits per heavy atom. The summed E-state index contributed by atoms with van der Waals surface area (Å²) >= 11 is 0. The number of sulfonamides is 1. The first-order valence-electron chi connectivity index (χ1n) is 5.78. The minimum Gasteiger partial charge on any atom is -0.490 e. The van der Waals surface area contributed by atoms with Crippen molar-refractivity contribution in [2.24, 2.45) is 0 Å². The van der Waals surface area contributed by atoms with Gasteiger partial charge < -0.3 is 10.1 Å².